The second-order valence-electron chi connectivity index (χ2n) is 12.8. The van der Waals surface area contributed by atoms with E-state index in [9.17, 15) is 22.8 Å². The number of carbonyl (C=O) groups excluding carboxylic acids is 2. The van der Waals surface area contributed by atoms with Crippen LogP contribution in [0.4, 0.5) is 13.2 Å². The highest BCUT2D eigenvalue weighted by atomic mass is 19.3. The van der Waals surface area contributed by atoms with Crippen LogP contribution in [0.5, 0.6) is 0 Å². The van der Waals surface area contributed by atoms with E-state index in [-0.39, 0.29) is 54.7 Å². The SMILES string of the molecule is Cc1nonc1C(=O)N[C@H](c1cn2ncc(C(NC(=O)C[C@]34C[C@@](F)(C3)C4)C3CC3)cc2n1)C1CCC(F)(F)CC1. The Balaban J connectivity index is 1.13. The Morgan fingerprint density at radius 2 is 1.76 bits per heavy atom. The van der Waals surface area contributed by atoms with E-state index < -0.39 is 23.5 Å². The third kappa shape index (κ3) is 4.97. The maximum Gasteiger partial charge on any atom is 0.276 e. The summed E-state index contributed by atoms with van der Waals surface area (Å²) in [4.78, 5) is 30.7. The average Bonchev–Trinajstić information content (AvgIpc) is 3.49. The van der Waals surface area contributed by atoms with Crippen LogP contribution in [0.2, 0.25) is 0 Å². The molecule has 3 aromatic heterocycles. The van der Waals surface area contributed by atoms with Gasteiger partial charge in [-0.25, -0.2) is 27.3 Å². The minimum Gasteiger partial charge on any atom is -0.349 e. The average molecular weight is 572 g/mol. The largest absolute Gasteiger partial charge is 0.349 e. The van der Waals surface area contributed by atoms with E-state index in [0.717, 1.165) is 18.4 Å². The lowest BCUT2D eigenvalue weighted by molar-refractivity contribution is -0.215. The lowest BCUT2D eigenvalue weighted by Crippen LogP contribution is -2.65. The summed E-state index contributed by atoms with van der Waals surface area (Å²) in [6.07, 6.45) is 7.09. The molecule has 2 N–H and O–H groups in total. The molecular formula is C28H32F3N7O3. The van der Waals surface area contributed by atoms with Gasteiger partial charge in [0.1, 0.15) is 11.4 Å². The Labute approximate surface area is 233 Å². The molecule has 2 bridgehead atoms. The van der Waals surface area contributed by atoms with Crippen molar-refractivity contribution in [2.45, 2.75) is 94.8 Å². The van der Waals surface area contributed by atoms with Crippen LogP contribution in [0.1, 0.15) is 104 Å². The van der Waals surface area contributed by atoms with Crippen molar-refractivity contribution in [3.63, 3.8) is 0 Å². The molecule has 2 atom stereocenters. The van der Waals surface area contributed by atoms with Gasteiger partial charge in [-0.3, -0.25) is 9.59 Å². The zero-order chi connectivity index (χ0) is 28.6. The number of fused-ring (bicyclic) bond motifs is 1. The van der Waals surface area contributed by atoms with E-state index in [1.54, 1.807) is 23.8 Å². The van der Waals surface area contributed by atoms with Crippen molar-refractivity contribution in [2.75, 3.05) is 0 Å². The predicted molar refractivity (Wildman–Crippen MR) is 137 cm³/mol. The second kappa shape index (κ2) is 9.25. The van der Waals surface area contributed by atoms with Gasteiger partial charge >= 0.3 is 0 Å². The van der Waals surface area contributed by atoms with Crippen molar-refractivity contribution in [2.24, 2.45) is 17.3 Å². The minimum absolute atomic E-state index is 0.0314. The van der Waals surface area contributed by atoms with E-state index in [2.05, 4.69) is 30.7 Å². The molecule has 5 saturated carbocycles. The first-order chi connectivity index (χ1) is 19.5. The maximum atomic E-state index is 14.0. The summed E-state index contributed by atoms with van der Waals surface area (Å²) >= 11 is 0. The first-order valence-corrected chi connectivity index (χ1v) is 14.3. The van der Waals surface area contributed by atoms with Crippen LogP contribution >= 0.6 is 0 Å². The fourth-order valence-corrected chi connectivity index (χ4v) is 7.22. The molecule has 41 heavy (non-hydrogen) atoms. The van der Waals surface area contributed by atoms with Crippen LogP contribution in [-0.2, 0) is 4.79 Å². The summed E-state index contributed by atoms with van der Waals surface area (Å²) in [5.74, 6) is -3.27. The summed E-state index contributed by atoms with van der Waals surface area (Å²) < 4.78 is 48.1. The van der Waals surface area contributed by atoms with Crippen molar-refractivity contribution in [1.82, 2.24) is 35.5 Å². The number of nitrogens with one attached hydrogen (secondary N) is 2. The summed E-state index contributed by atoms with van der Waals surface area (Å²) in [5.41, 5.74) is 1.000. The zero-order valence-electron chi connectivity index (χ0n) is 22.7. The third-order valence-corrected chi connectivity index (χ3v) is 9.45. The summed E-state index contributed by atoms with van der Waals surface area (Å²) in [6, 6.07) is 1.01. The van der Waals surface area contributed by atoms with E-state index in [0.29, 0.717) is 48.6 Å². The van der Waals surface area contributed by atoms with Gasteiger partial charge < -0.3 is 10.6 Å². The molecule has 3 heterocycles. The van der Waals surface area contributed by atoms with Crippen LogP contribution in [-0.4, -0.2) is 48.3 Å². The highest BCUT2D eigenvalue weighted by molar-refractivity contribution is 5.93. The van der Waals surface area contributed by atoms with Crippen molar-refractivity contribution in [3.05, 3.63) is 41.1 Å². The molecule has 3 aromatic rings. The van der Waals surface area contributed by atoms with E-state index in [1.165, 1.54) is 0 Å². The van der Waals surface area contributed by atoms with Gasteiger partial charge in [-0.15, -0.1) is 0 Å². The normalized spacial score (nSPS) is 28.4. The molecule has 0 radical (unpaired) electrons. The van der Waals surface area contributed by atoms with Crippen molar-refractivity contribution >= 4 is 17.5 Å². The summed E-state index contributed by atoms with van der Waals surface area (Å²) in [5, 5.41) is 18.0. The van der Waals surface area contributed by atoms with Crippen molar-refractivity contribution in [3.8, 4) is 0 Å². The maximum absolute atomic E-state index is 14.0. The third-order valence-electron chi connectivity index (χ3n) is 9.45. The first-order valence-electron chi connectivity index (χ1n) is 14.3. The summed E-state index contributed by atoms with van der Waals surface area (Å²) in [7, 11) is 0. The van der Waals surface area contributed by atoms with Crippen molar-refractivity contribution < 1.29 is 27.4 Å². The fraction of sp³-hybridized carbons (Fsp3) is 0.643. The van der Waals surface area contributed by atoms with Crippen LogP contribution in [0.3, 0.4) is 0 Å². The van der Waals surface area contributed by atoms with Gasteiger partial charge in [0.2, 0.25) is 11.8 Å². The van der Waals surface area contributed by atoms with Gasteiger partial charge in [0.15, 0.2) is 11.3 Å². The Morgan fingerprint density at radius 3 is 2.39 bits per heavy atom. The lowest BCUT2D eigenvalue weighted by atomic mass is 9.41. The molecule has 0 spiro atoms. The minimum atomic E-state index is -2.72. The molecular weight excluding hydrogens is 539 g/mol. The predicted octanol–water partition coefficient (Wildman–Crippen LogP) is 4.57. The molecule has 218 valence electrons. The zero-order valence-corrected chi connectivity index (χ0v) is 22.7. The Morgan fingerprint density at radius 1 is 1.05 bits per heavy atom. The van der Waals surface area contributed by atoms with Crippen molar-refractivity contribution in [1.29, 1.82) is 0 Å². The Kier molecular flexibility index (Phi) is 5.95. The number of hydrogen-bond acceptors (Lipinski definition) is 7. The molecule has 0 aliphatic heterocycles. The van der Waals surface area contributed by atoms with Crippen LogP contribution in [0.15, 0.2) is 23.1 Å². The molecule has 5 aliphatic carbocycles. The number of aromatic nitrogens is 5. The van der Waals surface area contributed by atoms with E-state index in [1.807, 2.05) is 6.07 Å². The Hall–Kier alpha value is -3.51. The quantitative estimate of drug-likeness (QED) is 0.385. The monoisotopic (exact) mass is 571 g/mol. The Bertz CT molecular complexity index is 1490. The molecule has 1 unspecified atom stereocenters. The number of alkyl halides is 3. The molecule has 5 fully saturated rings. The van der Waals surface area contributed by atoms with Crippen LogP contribution < -0.4 is 10.6 Å². The second-order valence-corrected chi connectivity index (χ2v) is 12.8. The van der Waals surface area contributed by atoms with Gasteiger partial charge in [-0.05, 0) is 85.9 Å². The summed E-state index contributed by atoms with van der Waals surface area (Å²) in [6.45, 7) is 1.60. The molecule has 0 aromatic carbocycles. The molecule has 10 nitrogen and oxygen atoms in total. The van der Waals surface area contributed by atoms with Crippen LogP contribution in [0.25, 0.3) is 5.65 Å². The smallest absolute Gasteiger partial charge is 0.276 e. The number of imidazole rings is 1. The lowest BCUT2D eigenvalue weighted by Gasteiger charge is -2.65. The number of rotatable bonds is 9. The molecule has 2 amide bonds. The van der Waals surface area contributed by atoms with Gasteiger partial charge in [0, 0.05) is 19.3 Å². The molecule has 5 aliphatic rings. The highest BCUT2D eigenvalue weighted by Crippen LogP contribution is 2.71. The first kappa shape index (κ1) is 26.4. The topological polar surface area (TPSA) is 127 Å². The van der Waals surface area contributed by atoms with Gasteiger partial charge in [-0.1, -0.05) is 5.16 Å². The molecule has 8 rings (SSSR count). The van der Waals surface area contributed by atoms with E-state index >= 15 is 0 Å². The number of hydrogen-bond donors (Lipinski definition) is 2. The van der Waals surface area contributed by atoms with Gasteiger partial charge in [0.05, 0.1) is 30.2 Å². The number of carbonyl (C=O) groups is 2. The van der Waals surface area contributed by atoms with Gasteiger partial charge in [-0.2, -0.15) is 5.10 Å². The highest BCUT2D eigenvalue weighted by Gasteiger charge is 2.69. The number of halogens is 3. The molecule has 13 heteroatoms. The van der Waals surface area contributed by atoms with E-state index in [4.69, 9.17) is 4.98 Å². The van der Waals surface area contributed by atoms with Crippen LogP contribution in [0, 0.1) is 24.2 Å². The number of aryl methyl sites for hydroxylation is 1. The van der Waals surface area contributed by atoms with Gasteiger partial charge in [0.25, 0.3) is 5.91 Å². The number of amides is 2. The molecule has 0 saturated heterocycles. The number of nitrogens with zero attached hydrogens (tertiary/aromatic N) is 5. The fourth-order valence-electron chi connectivity index (χ4n) is 7.22. The standard InChI is InChI=1S/C28H32F3N7O3/c1-15-22(37-41-36-15)25(40)35-24(17-4-6-28(30,31)7-5-17)19-11-38-20(33-19)8-18(10-32-38)23(16-2-3-16)34-21(39)9-26-12-27(29,13-26)14-26/h8,10-11,16-17,23-24H,2-7,9,12-14H2,1H3,(H,34,39)(H,35,40)/t23?,24-,26-,27+/m0/s1.